The first-order chi connectivity index (χ1) is 14.6. The first-order valence-electron chi connectivity index (χ1n) is 9.60. The number of aryl methyl sites for hydroxylation is 2. The Morgan fingerprint density at radius 3 is 2.42 bits per heavy atom. The van der Waals surface area contributed by atoms with Crippen LogP contribution in [0.4, 0.5) is 13.2 Å². The molecule has 1 aromatic carbocycles. The topological polar surface area (TPSA) is 75.5 Å². The van der Waals surface area contributed by atoms with Crippen molar-refractivity contribution in [1.29, 1.82) is 0 Å². The quantitative estimate of drug-likeness (QED) is 0.452. The maximum atomic E-state index is 13.1. The third kappa shape index (κ3) is 3.34. The fraction of sp³-hybridized carbons (Fsp3) is 0.350. The average molecular weight is 435 g/mol. The third-order valence-electron chi connectivity index (χ3n) is 5.14. The summed E-state index contributed by atoms with van der Waals surface area (Å²) in [4.78, 5) is 30.2. The van der Waals surface area contributed by atoms with Gasteiger partial charge in [-0.3, -0.25) is 22.9 Å². The number of imidazole rings is 2. The van der Waals surface area contributed by atoms with Crippen molar-refractivity contribution in [2.24, 2.45) is 7.05 Å². The molecule has 11 heteroatoms. The molecule has 31 heavy (non-hydrogen) atoms. The maximum absolute atomic E-state index is 13.1. The second-order valence-electron chi connectivity index (χ2n) is 7.10. The highest BCUT2D eigenvalue weighted by molar-refractivity contribution is 5.76. The van der Waals surface area contributed by atoms with Crippen molar-refractivity contribution in [3.63, 3.8) is 0 Å². The van der Waals surface area contributed by atoms with Crippen molar-refractivity contribution in [3.05, 3.63) is 62.6 Å². The Labute approximate surface area is 173 Å². The van der Waals surface area contributed by atoms with Gasteiger partial charge in [0.1, 0.15) is 0 Å². The van der Waals surface area contributed by atoms with Crippen molar-refractivity contribution in [2.45, 2.75) is 26.6 Å². The summed E-state index contributed by atoms with van der Waals surface area (Å²) in [5, 5.41) is 0. The monoisotopic (exact) mass is 435 g/mol. The van der Waals surface area contributed by atoms with Crippen LogP contribution >= 0.6 is 0 Å². The number of fused-ring (bicyclic) bond motifs is 3. The van der Waals surface area contributed by atoms with E-state index < -0.39 is 23.0 Å². The standard InChI is InChI=1S/C20H20F3N5O3/c1-4-31-10-9-26-17(29)15-16(25(3)19(26)30)24-18-27(15)11-12(2)28(18)14-7-5-13(6-8-14)20(21,22)23/h5-8,11H,4,9-10H2,1-3H3. The Morgan fingerprint density at radius 1 is 1.13 bits per heavy atom. The highest BCUT2D eigenvalue weighted by Crippen LogP contribution is 2.30. The van der Waals surface area contributed by atoms with E-state index in [9.17, 15) is 22.8 Å². The van der Waals surface area contributed by atoms with Crippen LogP contribution in [0.15, 0.2) is 40.1 Å². The number of hydrogen-bond donors (Lipinski definition) is 0. The lowest BCUT2D eigenvalue weighted by atomic mass is 10.2. The van der Waals surface area contributed by atoms with Crippen LogP contribution in [0.5, 0.6) is 0 Å². The lowest BCUT2D eigenvalue weighted by Crippen LogP contribution is -2.40. The van der Waals surface area contributed by atoms with Crippen molar-refractivity contribution in [1.82, 2.24) is 23.1 Å². The van der Waals surface area contributed by atoms with Crippen LogP contribution in [0.2, 0.25) is 0 Å². The summed E-state index contributed by atoms with van der Waals surface area (Å²) in [5.41, 5.74) is -0.257. The Balaban J connectivity index is 1.93. The van der Waals surface area contributed by atoms with Crippen LogP contribution in [-0.4, -0.2) is 36.3 Å². The van der Waals surface area contributed by atoms with Gasteiger partial charge in [-0.05, 0) is 38.1 Å². The summed E-state index contributed by atoms with van der Waals surface area (Å²) in [6.07, 6.45) is -2.77. The van der Waals surface area contributed by atoms with E-state index in [2.05, 4.69) is 4.98 Å². The lowest BCUT2D eigenvalue weighted by Gasteiger charge is -2.09. The third-order valence-corrected chi connectivity index (χ3v) is 5.14. The van der Waals surface area contributed by atoms with Gasteiger partial charge in [0.2, 0.25) is 5.78 Å². The van der Waals surface area contributed by atoms with Gasteiger partial charge in [0.25, 0.3) is 5.56 Å². The average Bonchev–Trinajstić information content (AvgIpc) is 3.23. The molecule has 0 aliphatic rings. The highest BCUT2D eigenvalue weighted by Gasteiger charge is 2.30. The Hall–Kier alpha value is -3.34. The van der Waals surface area contributed by atoms with Crippen LogP contribution < -0.4 is 11.2 Å². The van der Waals surface area contributed by atoms with Crippen LogP contribution in [0.1, 0.15) is 18.2 Å². The second kappa shape index (κ2) is 7.41. The Kier molecular flexibility index (Phi) is 5.00. The molecule has 3 heterocycles. The van der Waals surface area contributed by atoms with Gasteiger partial charge in [-0.15, -0.1) is 0 Å². The van der Waals surface area contributed by atoms with Crippen molar-refractivity contribution >= 4 is 16.9 Å². The Bertz CT molecular complexity index is 1390. The maximum Gasteiger partial charge on any atom is 0.416 e. The van der Waals surface area contributed by atoms with Crippen LogP contribution in [0, 0.1) is 6.92 Å². The zero-order valence-electron chi connectivity index (χ0n) is 17.1. The summed E-state index contributed by atoms with van der Waals surface area (Å²) in [6.45, 7) is 4.35. The molecule has 0 unspecified atom stereocenters. The summed E-state index contributed by atoms with van der Waals surface area (Å²) < 4.78 is 49.6. The molecular weight excluding hydrogens is 415 g/mol. The summed E-state index contributed by atoms with van der Waals surface area (Å²) in [5.74, 6) is 0.321. The second-order valence-corrected chi connectivity index (χ2v) is 7.10. The molecule has 0 amide bonds. The fourth-order valence-electron chi connectivity index (χ4n) is 3.63. The number of aromatic nitrogens is 5. The Morgan fingerprint density at radius 2 is 1.81 bits per heavy atom. The number of benzene rings is 1. The molecule has 4 rings (SSSR count). The molecule has 0 aliphatic heterocycles. The number of halogens is 3. The van der Waals surface area contributed by atoms with E-state index in [1.165, 1.54) is 23.7 Å². The van der Waals surface area contributed by atoms with Gasteiger partial charge in [-0.1, -0.05) is 0 Å². The minimum Gasteiger partial charge on any atom is -0.380 e. The molecule has 0 spiro atoms. The normalized spacial score (nSPS) is 12.3. The first-order valence-corrected chi connectivity index (χ1v) is 9.60. The van der Waals surface area contributed by atoms with Gasteiger partial charge in [0.15, 0.2) is 11.2 Å². The van der Waals surface area contributed by atoms with Gasteiger partial charge in [-0.25, -0.2) is 4.79 Å². The molecule has 0 N–H and O–H groups in total. The van der Waals surface area contributed by atoms with E-state index in [0.717, 1.165) is 16.7 Å². The van der Waals surface area contributed by atoms with Gasteiger partial charge < -0.3 is 4.74 Å². The predicted octanol–water partition coefficient (Wildman–Crippen LogP) is 2.50. The van der Waals surface area contributed by atoms with Crippen LogP contribution in [0.3, 0.4) is 0 Å². The smallest absolute Gasteiger partial charge is 0.380 e. The highest BCUT2D eigenvalue weighted by atomic mass is 19.4. The molecule has 0 aliphatic carbocycles. The minimum atomic E-state index is -4.44. The molecule has 164 valence electrons. The molecule has 0 saturated heterocycles. The van der Waals surface area contributed by atoms with Gasteiger partial charge in [0.05, 0.1) is 18.7 Å². The number of hydrogen-bond acceptors (Lipinski definition) is 4. The largest absolute Gasteiger partial charge is 0.416 e. The van der Waals surface area contributed by atoms with E-state index in [1.807, 2.05) is 6.92 Å². The zero-order chi connectivity index (χ0) is 22.5. The van der Waals surface area contributed by atoms with Crippen molar-refractivity contribution in [3.8, 4) is 5.69 Å². The molecule has 0 radical (unpaired) electrons. The molecule has 0 bridgehead atoms. The molecule has 4 aromatic rings. The molecule has 0 atom stereocenters. The van der Waals surface area contributed by atoms with Gasteiger partial charge >= 0.3 is 11.9 Å². The van der Waals surface area contributed by atoms with E-state index >= 15 is 0 Å². The molecular formula is C20H20F3N5O3. The molecule has 3 aromatic heterocycles. The summed E-state index contributed by atoms with van der Waals surface area (Å²) >= 11 is 0. The number of rotatable bonds is 5. The SMILES string of the molecule is CCOCCn1c(=O)c2c(nc3n(-c4ccc(C(F)(F)F)cc4)c(C)cn23)n(C)c1=O. The van der Waals surface area contributed by atoms with Crippen LogP contribution in [-0.2, 0) is 24.5 Å². The lowest BCUT2D eigenvalue weighted by molar-refractivity contribution is -0.137. The van der Waals surface area contributed by atoms with Crippen LogP contribution in [0.25, 0.3) is 22.6 Å². The molecule has 0 fully saturated rings. The number of ether oxygens (including phenoxy) is 1. The van der Waals surface area contributed by atoms with E-state index in [4.69, 9.17) is 4.74 Å². The van der Waals surface area contributed by atoms with Crippen molar-refractivity contribution in [2.75, 3.05) is 13.2 Å². The van der Waals surface area contributed by atoms with Gasteiger partial charge in [0, 0.05) is 31.2 Å². The molecule has 8 nitrogen and oxygen atoms in total. The predicted molar refractivity (Wildman–Crippen MR) is 108 cm³/mol. The minimum absolute atomic E-state index is 0.0983. The van der Waals surface area contributed by atoms with E-state index in [-0.39, 0.29) is 24.3 Å². The van der Waals surface area contributed by atoms with Crippen molar-refractivity contribution < 1.29 is 17.9 Å². The number of nitrogens with zero attached hydrogens (tertiary/aromatic N) is 5. The molecule has 0 saturated carbocycles. The van der Waals surface area contributed by atoms with Gasteiger partial charge in [-0.2, -0.15) is 18.2 Å². The van der Waals surface area contributed by atoms with E-state index in [0.29, 0.717) is 23.8 Å². The summed E-state index contributed by atoms with van der Waals surface area (Å²) in [6, 6.07) is 4.66. The number of alkyl halides is 3. The summed E-state index contributed by atoms with van der Waals surface area (Å²) in [7, 11) is 1.52. The fourth-order valence-corrected chi connectivity index (χ4v) is 3.63. The van der Waals surface area contributed by atoms with E-state index in [1.54, 1.807) is 22.1 Å². The zero-order valence-corrected chi connectivity index (χ0v) is 17.1. The first kappa shape index (κ1) is 20.9.